The maximum Gasteiger partial charge on any atom is 0.475 e. The number of phosphoric ester groups is 1. The van der Waals surface area contributed by atoms with Crippen LogP contribution in [0.2, 0.25) is 0 Å². The van der Waals surface area contributed by atoms with Crippen LogP contribution in [0.5, 0.6) is 0 Å². The molecule has 0 aromatic rings. The number of phosphoric acid groups is 1. The minimum Gasteiger partial charge on any atom is -0.287 e. The Morgan fingerprint density at radius 3 is 2.19 bits per heavy atom. The summed E-state index contributed by atoms with van der Waals surface area (Å²) in [7, 11) is -3.38. The summed E-state index contributed by atoms with van der Waals surface area (Å²) in [4.78, 5) is 0. The van der Waals surface area contributed by atoms with Crippen LogP contribution in [0.1, 0.15) is 40.5 Å². The number of rotatable bonds is 9. The maximum absolute atomic E-state index is 12.0. The van der Waals surface area contributed by atoms with Gasteiger partial charge in [0, 0.05) is 0 Å². The average Bonchev–Trinajstić information content (AvgIpc) is 2.18. The van der Waals surface area contributed by atoms with E-state index in [0.717, 1.165) is 12.8 Å². The van der Waals surface area contributed by atoms with E-state index < -0.39 is 7.82 Å². The van der Waals surface area contributed by atoms with Crippen molar-refractivity contribution in [2.45, 2.75) is 46.6 Å². The fraction of sp³-hybridized carbons (Fsp3) is 0.818. The van der Waals surface area contributed by atoms with Crippen molar-refractivity contribution >= 4 is 7.82 Å². The summed E-state index contributed by atoms with van der Waals surface area (Å²) < 4.78 is 27.3. The molecule has 0 unspecified atom stereocenters. The molecule has 16 heavy (non-hydrogen) atoms. The summed E-state index contributed by atoms with van der Waals surface area (Å²) in [5, 5.41) is 0. The number of hydrogen-bond acceptors (Lipinski definition) is 4. The number of unbranched alkanes of at least 4 members (excludes halogenated alkanes) is 1. The molecule has 0 rings (SSSR count). The van der Waals surface area contributed by atoms with Crippen LogP contribution in [-0.4, -0.2) is 19.3 Å². The smallest absolute Gasteiger partial charge is 0.287 e. The van der Waals surface area contributed by atoms with E-state index in [1.54, 1.807) is 13.8 Å². The van der Waals surface area contributed by atoms with E-state index in [-0.39, 0.29) is 6.10 Å². The highest BCUT2D eigenvalue weighted by molar-refractivity contribution is 7.48. The van der Waals surface area contributed by atoms with E-state index in [4.69, 9.17) is 13.6 Å². The third-order valence-corrected chi connectivity index (χ3v) is 3.47. The van der Waals surface area contributed by atoms with Crippen LogP contribution < -0.4 is 0 Å². The van der Waals surface area contributed by atoms with Crippen molar-refractivity contribution in [2.24, 2.45) is 0 Å². The molecule has 0 heterocycles. The van der Waals surface area contributed by atoms with E-state index in [9.17, 15) is 4.57 Å². The Morgan fingerprint density at radius 2 is 1.75 bits per heavy atom. The molecule has 0 bridgehead atoms. The summed E-state index contributed by atoms with van der Waals surface area (Å²) in [6.45, 7) is 8.04. The number of allylic oxidation sites excluding steroid dienone is 1. The van der Waals surface area contributed by atoms with Crippen molar-refractivity contribution in [3.8, 4) is 0 Å². The van der Waals surface area contributed by atoms with Gasteiger partial charge < -0.3 is 0 Å². The third-order valence-electron chi connectivity index (χ3n) is 1.73. The molecule has 96 valence electrons. The van der Waals surface area contributed by atoms with Gasteiger partial charge in [-0.1, -0.05) is 25.5 Å². The van der Waals surface area contributed by atoms with Crippen molar-refractivity contribution in [3.05, 3.63) is 12.2 Å². The van der Waals surface area contributed by atoms with Crippen molar-refractivity contribution < 1.29 is 18.1 Å². The Morgan fingerprint density at radius 1 is 1.19 bits per heavy atom. The molecule has 0 N–H and O–H groups in total. The Hall–Kier alpha value is -0.150. The Kier molecular flexibility index (Phi) is 8.86. The van der Waals surface area contributed by atoms with Crippen LogP contribution in [-0.2, 0) is 18.1 Å². The van der Waals surface area contributed by atoms with Crippen LogP contribution in [0.25, 0.3) is 0 Å². The van der Waals surface area contributed by atoms with E-state index in [1.165, 1.54) is 0 Å². The van der Waals surface area contributed by atoms with Crippen LogP contribution in [0.15, 0.2) is 12.2 Å². The first-order valence-corrected chi connectivity index (χ1v) is 7.28. The van der Waals surface area contributed by atoms with Crippen molar-refractivity contribution in [1.82, 2.24) is 0 Å². The first-order chi connectivity index (χ1) is 7.58. The van der Waals surface area contributed by atoms with E-state index in [1.807, 2.05) is 19.1 Å². The minimum absolute atomic E-state index is 0.268. The highest BCUT2D eigenvalue weighted by Crippen LogP contribution is 2.50. The van der Waals surface area contributed by atoms with Crippen LogP contribution in [0.3, 0.4) is 0 Å². The molecule has 0 fully saturated rings. The van der Waals surface area contributed by atoms with E-state index in [0.29, 0.717) is 13.2 Å². The fourth-order valence-electron chi connectivity index (χ4n) is 1.11. The molecule has 0 saturated heterocycles. The van der Waals surface area contributed by atoms with Gasteiger partial charge in [0.15, 0.2) is 0 Å². The van der Waals surface area contributed by atoms with Crippen molar-refractivity contribution in [1.29, 1.82) is 0 Å². The van der Waals surface area contributed by atoms with E-state index >= 15 is 0 Å². The van der Waals surface area contributed by atoms with Gasteiger partial charge in [-0.25, -0.2) is 4.57 Å². The van der Waals surface area contributed by atoms with Gasteiger partial charge in [-0.05, 0) is 27.2 Å². The average molecular weight is 250 g/mol. The Labute approximate surface area is 98.6 Å². The first kappa shape index (κ1) is 15.9. The minimum atomic E-state index is -3.38. The zero-order valence-corrected chi connectivity index (χ0v) is 11.5. The standard InChI is InChI=1S/C11H23O4P/c1-5-8-9-10-11(4)15-16(12,13-6-2)14-7-3/h9-11H,5-8H2,1-4H3/b10-9-/t11-/m0/s1. The fourth-order valence-corrected chi connectivity index (χ4v) is 2.41. The van der Waals surface area contributed by atoms with Gasteiger partial charge >= 0.3 is 7.82 Å². The summed E-state index contributed by atoms with van der Waals surface area (Å²) in [5.41, 5.74) is 0. The molecular formula is C11H23O4P. The summed E-state index contributed by atoms with van der Waals surface area (Å²) in [5.74, 6) is 0. The van der Waals surface area contributed by atoms with Gasteiger partial charge in [-0.15, -0.1) is 0 Å². The molecule has 0 aliphatic carbocycles. The molecule has 0 saturated carbocycles. The number of hydrogen-bond donors (Lipinski definition) is 0. The lowest BCUT2D eigenvalue weighted by molar-refractivity contribution is 0.106. The van der Waals surface area contributed by atoms with Gasteiger partial charge in [-0.3, -0.25) is 13.6 Å². The lowest BCUT2D eigenvalue weighted by Gasteiger charge is -2.18. The lowest BCUT2D eigenvalue weighted by Crippen LogP contribution is -2.07. The van der Waals surface area contributed by atoms with Crippen LogP contribution >= 0.6 is 7.82 Å². The van der Waals surface area contributed by atoms with Crippen molar-refractivity contribution in [3.63, 3.8) is 0 Å². The molecule has 0 radical (unpaired) electrons. The Balaban J connectivity index is 4.22. The molecule has 0 amide bonds. The quantitative estimate of drug-likeness (QED) is 0.459. The molecule has 4 nitrogen and oxygen atoms in total. The predicted octanol–water partition coefficient (Wildman–Crippen LogP) is 3.93. The molecular weight excluding hydrogens is 227 g/mol. The molecule has 0 aliphatic heterocycles. The highest BCUT2D eigenvalue weighted by Gasteiger charge is 2.27. The lowest BCUT2D eigenvalue weighted by atomic mass is 10.3. The Bertz CT molecular complexity index is 230. The molecule has 0 aromatic heterocycles. The van der Waals surface area contributed by atoms with Gasteiger partial charge in [0.1, 0.15) is 0 Å². The molecule has 0 aliphatic rings. The summed E-state index contributed by atoms with van der Waals surface area (Å²) in [6, 6.07) is 0. The largest absolute Gasteiger partial charge is 0.475 e. The second kappa shape index (κ2) is 8.94. The molecule has 1 atom stereocenters. The molecule has 0 spiro atoms. The second-order valence-electron chi connectivity index (χ2n) is 3.31. The third kappa shape index (κ3) is 7.18. The molecule has 0 aromatic carbocycles. The predicted molar refractivity (Wildman–Crippen MR) is 65.5 cm³/mol. The van der Waals surface area contributed by atoms with Gasteiger partial charge in [0.2, 0.25) is 0 Å². The topological polar surface area (TPSA) is 44.8 Å². The first-order valence-electron chi connectivity index (χ1n) is 5.82. The van der Waals surface area contributed by atoms with Crippen LogP contribution in [0.4, 0.5) is 0 Å². The SMILES string of the molecule is CCC/C=C\[C@H](C)OP(=O)(OCC)OCC. The zero-order valence-electron chi connectivity index (χ0n) is 10.6. The van der Waals surface area contributed by atoms with Gasteiger partial charge in [-0.2, -0.15) is 0 Å². The summed E-state index contributed by atoms with van der Waals surface area (Å²) in [6.07, 6.45) is 5.68. The maximum atomic E-state index is 12.0. The van der Waals surface area contributed by atoms with Gasteiger partial charge in [0.25, 0.3) is 0 Å². The molecule has 5 heteroatoms. The second-order valence-corrected chi connectivity index (χ2v) is 4.93. The van der Waals surface area contributed by atoms with E-state index in [2.05, 4.69) is 6.92 Å². The van der Waals surface area contributed by atoms with Gasteiger partial charge in [0.05, 0.1) is 19.3 Å². The van der Waals surface area contributed by atoms with Crippen molar-refractivity contribution in [2.75, 3.05) is 13.2 Å². The highest BCUT2D eigenvalue weighted by atomic mass is 31.2. The zero-order chi connectivity index (χ0) is 12.4. The summed E-state index contributed by atoms with van der Waals surface area (Å²) >= 11 is 0. The van der Waals surface area contributed by atoms with Crippen LogP contribution in [0, 0.1) is 0 Å². The normalized spacial score (nSPS) is 14.5. The monoisotopic (exact) mass is 250 g/mol.